The first kappa shape index (κ1) is 22.3. The minimum Gasteiger partial charge on any atom is -0.489 e. The van der Waals surface area contributed by atoms with Gasteiger partial charge in [0.05, 0.1) is 33.2 Å². The Balaban J connectivity index is 1.36. The van der Waals surface area contributed by atoms with Crippen LogP contribution in [0.15, 0.2) is 77.3 Å². The van der Waals surface area contributed by atoms with E-state index in [1.807, 2.05) is 54.9 Å². The number of hydrogen-bond donors (Lipinski definition) is 1. The van der Waals surface area contributed by atoms with E-state index < -0.39 is 0 Å². The first-order chi connectivity index (χ1) is 15.9. The summed E-state index contributed by atoms with van der Waals surface area (Å²) in [6, 6.07) is 23.9. The van der Waals surface area contributed by atoms with Crippen LogP contribution >= 0.6 is 15.9 Å². The van der Waals surface area contributed by atoms with Crippen molar-refractivity contribution in [3.8, 4) is 17.5 Å². The molecule has 0 radical (unpaired) electrons. The van der Waals surface area contributed by atoms with Gasteiger partial charge in [0.15, 0.2) is 0 Å². The number of nitrogens with zero attached hydrogens (tertiary/aromatic N) is 3. The average molecular weight is 501 g/mol. The summed E-state index contributed by atoms with van der Waals surface area (Å²) < 4.78 is 8.62. The predicted octanol–water partition coefficient (Wildman–Crippen LogP) is 5.95. The standard InChI is InChI=1S/C26H21BrN4O2/c1-17-25(27)18(2)31(30-17)23-11-9-22(10-12-23)29-26(32)21-7-13-24(14-8-21)33-16-20-5-3-19(15-28)4-6-20/h3-14H,16H2,1-2H3,(H,29,32). The maximum absolute atomic E-state index is 12.6. The minimum absolute atomic E-state index is 0.199. The molecular formula is C26H21BrN4O2. The lowest BCUT2D eigenvalue weighted by atomic mass is 10.1. The molecule has 0 saturated heterocycles. The van der Waals surface area contributed by atoms with E-state index in [2.05, 4.69) is 32.4 Å². The molecule has 6 nitrogen and oxygen atoms in total. The van der Waals surface area contributed by atoms with Gasteiger partial charge in [-0.05, 0) is 96.0 Å². The third kappa shape index (κ3) is 5.13. The molecule has 4 rings (SSSR count). The molecule has 0 fully saturated rings. The zero-order valence-corrected chi connectivity index (χ0v) is 19.8. The molecule has 0 bridgehead atoms. The fourth-order valence-corrected chi connectivity index (χ4v) is 3.56. The van der Waals surface area contributed by atoms with Gasteiger partial charge in [-0.3, -0.25) is 4.79 Å². The van der Waals surface area contributed by atoms with Crippen LogP contribution in [0.5, 0.6) is 5.75 Å². The zero-order chi connectivity index (χ0) is 23.4. The topological polar surface area (TPSA) is 79.9 Å². The molecule has 1 amide bonds. The van der Waals surface area contributed by atoms with Crippen LogP contribution in [0.4, 0.5) is 5.69 Å². The van der Waals surface area contributed by atoms with Gasteiger partial charge in [-0.15, -0.1) is 0 Å². The van der Waals surface area contributed by atoms with Crippen LogP contribution in [0.3, 0.4) is 0 Å². The lowest BCUT2D eigenvalue weighted by Gasteiger charge is -2.09. The molecule has 164 valence electrons. The van der Waals surface area contributed by atoms with Crippen LogP contribution in [-0.2, 0) is 6.61 Å². The third-order valence-electron chi connectivity index (χ3n) is 5.18. The van der Waals surface area contributed by atoms with Crippen molar-refractivity contribution >= 4 is 27.5 Å². The molecule has 0 aliphatic carbocycles. The van der Waals surface area contributed by atoms with Crippen molar-refractivity contribution in [1.82, 2.24) is 9.78 Å². The number of ether oxygens (including phenoxy) is 1. The molecule has 3 aromatic carbocycles. The Hall–Kier alpha value is -3.89. The third-order valence-corrected chi connectivity index (χ3v) is 6.33. The van der Waals surface area contributed by atoms with E-state index in [4.69, 9.17) is 10.00 Å². The summed E-state index contributed by atoms with van der Waals surface area (Å²) in [4.78, 5) is 12.6. The molecule has 0 unspecified atom stereocenters. The maximum atomic E-state index is 12.6. The Bertz CT molecular complexity index is 1320. The van der Waals surface area contributed by atoms with Crippen molar-refractivity contribution in [2.24, 2.45) is 0 Å². The summed E-state index contributed by atoms with van der Waals surface area (Å²) >= 11 is 3.54. The number of hydrogen-bond acceptors (Lipinski definition) is 4. The number of aryl methyl sites for hydroxylation is 1. The molecule has 7 heteroatoms. The van der Waals surface area contributed by atoms with Gasteiger partial charge in [0.2, 0.25) is 0 Å². The first-order valence-electron chi connectivity index (χ1n) is 10.3. The normalized spacial score (nSPS) is 10.5. The van der Waals surface area contributed by atoms with Crippen molar-refractivity contribution in [3.63, 3.8) is 0 Å². The summed E-state index contributed by atoms with van der Waals surface area (Å²) in [5.74, 6) is 0.464. The van der Waals surface area contributed by atoms with Gasteiger partial charge in [0, 0.05) is 11.3 Å². The van der Waals surface area contributed by atoms with Gasteiger partial charge in [-0.25, -0.2) is 4.68 Å². The molecule has 1 aromatic heterocycles. The second-order valence-corrected chi connectivity index (χ2v) is 8.31. The van der Waals surface area contributed by atoms with Gasteiger partial charge in [-0.2, -0.15) is 10.4 Å². The number of nitrogens with one attached hydrogen (secondary N) is 1. The van der Waals surface area contributed by atoms with Gasteiger partial charge >= 0.3 is 0 Å². The quantitative estimate of drug-likeness (QED) is 0.354. The highest BCUT2D eigenvalue weighted by Gasteiger charge is 2.11. The van der Waals surface area contributed by atoms with Crippen LogP contribution < -0.4 is 10.1 Å². The Morgan fingerprint density at radius 1 is 1.03 bits per heavy atom. The number of rotatable bonds is 6. The number of carbonyl (C=O) groups excluding carboxylic acids is 1. The summed E-state index contributed by atoms with van der Waals surface area (Å²) in [6.45, 7) is 4.33. The highest BCUT2D eigenvalue weighted by molar-refractivity contribution is 9.10. The molecule has 1 N–H and O–H groups in total. The Labute approximate surface area is 200 Å². The summed E-state index contributed by atoms with van der Waals surface area (Å²) in [5, 5.41) is 16.3. The highest BCUT2D eigenvalue weighted by atomic mass is 79.9. The van der Waals surface area contributed by atoms with E-state index in [1.54, 1.807) is 36.4 Å². The summed E-state index contributed by atoms with van der Waals surface area (Å²) in [5.41, 5.74) is 5.68. The fraction of sp³-hybridized carbons (Fsp3) is 0.115. The number of benzene rings is 3. The zero-order valence-electron chi connectivity index (χ0n) is 18.2. The monoisotopic (exact) mass is 500 g/mol. The number of carbonyl (C=O) groups is 1. The number of nitriles is 1. The molecule has 1 heterocycles. The van der Waals surface area contributed by atoms with Crippen molar-refractivity contribution < 1.29 is 9.53 Å². The lowest BCUT2D eigenvalue weighted by Crippen LogP contribution is -2.12. The number of anilines is 1. The number of halogens is 1. The van der Waals surface area contributed by atoms with Crippen molar-refractivity contribution in [3.05, 3.63) is 105 Å². The molecule has 0 aliphatic rings. The predicted molar refractivity (Wildman–Crippen MR) is 131 cm³/mol. The number of aromatic nitrogens is 2. The van der Waals surface area contributed by atoms with Crippen molar-refractivity contribution in [1.29, 1.82) is 5.26 Å². The van der Waals surface area contributed by atoms with Crippen molar-refractivity contribution in [2.75, 3.05) is 5.32 Å². The lowest BCUT2D eigenvalue weighted by molar-refractivity contribution is 0.102. The van der Waals surface area contributed by atoms with Crippen LogP contribution in [-0.4, -0.2) is 15.7 Å². The van der Waals surface area contributed by atoms with E-state index in [0.29, 0.717) is 29.2 Å². The SMILES string of the molecule is Cc1nn(-c2ccc(NC(=O)c3ccc(OCc4ccc(C#N)cc4)cc3)cc2)c(C)c1Br. The number of amides is 1. The van der Waals surface area contributed by atoms with Crippen LogP contribution in [0.2, 0.25) is 0 Å². The Kier molecular flexibility index (Phi) is 6.57. The Morgan fingerprint density at radius 2 is 1.70 bits per heavy atom. The van der Waals surface area contributed by atoms with Crippen molar-refractivity contribution in [2.45, 2.75) is 20.5 Å². The maximum Gasteiger partial charge on any atom is 0.255 e. The second-order valence-electron chi connectivity index (χ2n) is 7.52. The average Bonchev–Trinajstić information content (AvgIpc) is 3.11. The molecule has 0 atom stereocenters. The van der Waals surface area contributed by atoms with Crippen LogP contribution in [0, 0.1) is 25.2 Å². The van der Waals surface area contributed by atoms with Gasteiger partial charge < -0.3 is 10.1 Å². The van der Waals surface area contributed by atoms with Crippen LogP contribution in [0.25, 0.3) is 5.69 Å². The molecule has 0 saturated carbocycles. The van der Waals surface area contributed by atoms with Gasteiger partial charge in [-0.1, -0.05) is 12.1 Å². The fourth-order valence-electron chi connectivity index (χ4n) is 3.31. The second kappa shape index (κ2) is 9.72. The summed E-state index contributed by atoms with van der Waals surface area (Å²) in [6.07, 6.45) is 0. The summed E-state index contributed by atoms with van der Waals surface area (Å²) in [7, 11) is 0. The Morgan fingerprint density at radius 3 is 2.27 bits per heavy atom. The molecular weight excluding hydrogens is 480 g/mol. The van der Waals surface area contributed by atoms with E-state index in [1.165, 1.54) is 0 Å². The molecule has 0 aliphatic heterocycles. The largest absolute Gasteiger partial charge is 0.489 e. The van der Waals surface area contributed by atoms with E-state index in [-0.39, 0.29) is 5.91 Å². The molecule has 0 spiro atoms. The van der Waals surface area contributed by atoms with E-state index in [9.17, 15) is 4.79 Å². The molecule has 33 heavy (non-hydrogen) atoms. The van der Waals surface area contributed by atoms with E-state index >= 15 is 0 Å². The minimum atomic E-state index is -0.199. The van der Waals surface area contributed by atoms with Gasteiger partial charge in [0.25, 0.3) is 5.91 Å². The van der Waals surface area contributed by atoms with Gasteiger partial charge in [0.1, 0.15) is 12.4 Å². The molecule has 4 aromatic rings. The first-order valence-corrected chi connectivity index (χ1v) is 11.1. The smallest absolute Gasteiger partial charge is 0.255 e. The van der Waals surface area contributed by atoms with Crippen LogP contribution in [0.1, 0.15) is 32.9 Å². The highest BCUT2D eigenvalue weighted by Crippen LogP contribution is 2.24. The van der Waals surface area contributed by atoms with E-state index in [0.717, 1.165) is 27.1 Å².